The van der Waals surface area contributed by atoms with Crippen LogP contribution in [0.25, 0.3) is 17.2 Å². The van der Waals surface area contributed by atoms with E-state index in [4.69, 9.17) is 9.52 Å². The molecule has 0 aliphatic rings. The molecule has 0 atom stereocenters. The maximum absolute atomic E-state index is 8.62. The molecule has 0 aliphatic carbocycles. The van der Waals surface area contributed by atoms with Gasteiger partial charge in [-0.15, -0.1) is 0 Å². The van der Waals surface area contributed by atoms with Gasteiger partial charge in [0.2, 0.25) is 0 Å². The number of fused-ring (bicyclic) bond motifs is 1. The molecule has 3 nitrogen and oxygen atoms in total. The second-order valence-corrected chi connectivity index (χ2v) is 3.04. The monoisotopic (exact) mass is 189 g/mol. The summed E-state index contributed by atoms with van der Waals surface area (Å²) in [5, 5.41) is 8.62. The summed E-state index contributed by atoms with van der Waals surface area (Å²) in [5.74, 6) is 0.670. The summed E-state index contributed by atoms with van der Waals surface area (Å²) in [5.41, 5.74) is 2.65. The van der Waals surface area contributed by atoms with Gasteiger partial charge in [-0.2, -0.15) is 0 Å². The molecule has 0 saturated carbocycles. The smallest absolute Gasteiger partial charge is 0.192 e. The number of rotatable bonds is 2. The molecule has 0 bridgehead atoms. The number of nitrogens with zero attached hydrogens (tertiary/aromatic N) is 1. The van der Waals surface area contributed by atoms with E-state index in [1.165, 1.54) is 0 Å². The molecule has 2 rings (SSSR count). The van der Waals surface area contributed by atoms with Gasteiger partial charge < -0.3 is 9.52 Å². The Kier molecular flexibility index (Phi) is 2.33. The molecular formula is C11H11NO2. The minimum atomic E-state index is 0.0491. The summed E-state index contributed by atoms with van der Waals surface area (Å²) < 4.78 is 5.38. The van der Waals surface area contributed by atoms with Gasteiger partial charge in [0.25, 0.3) is 0 Å². The van der Waals surface area contributed by atoms with E-state index >= 15 is 0 Å². The fraction of sp³-hybridized carbons (Fsp3) is 0.182. The van der Waals surface area contributed by atoms with Gasteiger partial charge >= 0.3 is 0 Å². The first-order valence-electron chi connectivity index (χ1n) is 4.44. The van der Waals surface area contributed by atoms with Crippen LogP contribution in [0.3, 0.4) is 0 Å². The predicted molar refractivity (Wildman–Crippen MR) is 54.9 cm³/mol. The number of aliphatic hydroxyl groups is 1. The molecule has 72 valence electrons. The molecule has 0 spiro atoms. The quantitative estimate of drug-likeness (QED) is 0.787. The van der Waals surface area contributed by atoms with Crippen molar-refractivity contribution in [3.63, 3.8) is 0 Å². The largest absolute Gasteiger partial charge is 0.441 e. The molecule has 1 aromatic heterocycles. The summed E-state index contributed by atoms with van der Waals surface area (Å²) in [6.07, 6.45) is 3.53. The first-order chi connectivity index (χ1) is 6.79. The number of benzene rings is 1. The molecule has 14 heavy (non-hydrogen) atoms. The molecule has 2 aromatic rings. The zero-order valence-corrected chi connectivity index (χ0v) is 7.90. The molecule has 3 heteroatoms. The van der Waals surface area contributed by atoms with Crippen LogP contribution >= 0.6 is 0 Å². The van der Waals surface area contributed by atoms with E-state index in [1.807, 2.05) is 31.2 Å². The summed E-state index contributed by atoms with van der Waals surface area (Å²) in [4.78, 5) is 4.19. The van der Waals surface area contributed by atoms with Crippen LogP contribution in [0.4, 0.5) is 0 Å². The van der Waals surface area contributed by atoms with Crippen LogP contribution in [-0.4, -0.2) is 16.7 Å². The van der Waals surface area contributed by atoms with E-state index in [9.17, 15) is 0 Å². The van der Waals surface area contributed by atoms with Gasteiger partial charge in [0.1, 0.15) is 5.52 Å². The summed E-state index contributed by atoms with van der Waals surface area (Å²) >= 11 is 0. The van der Waals surface area contributed by atoms with Crippen molar-refractivity contribution in [3.8, 4) is 0 Å². The van der Waals surface area contributed by atoms with Gasteiger partial charge in [-0.25, -0.2) is 4.98 Å². The fourth-order valence-electron chi connectivity index (χ4n) is 1.35. The van der Waals surface area contributed by atoms with Crippen LogP contribution < -0.4 is 0 Å². The van der Waals surface area contributed by atoms with Crippen molar-refractivity contribution < 1.29 is 9.52 Å². The van der Waals surface area contributed by atoms with Crippen molar-refractivity contribution in [2.24, 2.45) is 0 Å². The van der Waals surface area contributed by atoms with Gasteiger partial charge in [-0.3, -0.25) is 0 Å². The van der Waals surface area contributed by atoms with Crippen molar-refractivity contribution >= 4 is 17.2 Å². The van der Waals surface area contributed by atoms with E-state index in [-0.39, 0.29) is 6.61 Å². The number of aliphatic hydroxyl groups excluding tert-OH is 1. The molecule has 0 aliphatic heterocycles. The third-order valence-electron chi connectivity index (χ3n) is 1.94. The minimum Gasteiger partial charge on any atom is -0.441 e. The SMILES string of the molecule is Cc1nc2ccc(C=CCO)cc2o1. The van der Waals surface area contributed by atoms with Gasteiger partial charge in [-0.05, 0) is 17.7 Å². The Morgan fingerprint density at radius 1 is 1.50 bits per heavy atom. The van der Waals surface area contributed by atoms with Crippen molar-refractivity contribution in [1.29, 1.82) is 0 Å². The molecule has 1 N–H and O–H groups in total. The van der Waals surface area contributed by atoms with Gasteiger partial charge in [0.15, 0.2) is 11.5 Å². The van der Waals surface area contributed by atoms with E-state index in [1.54, 1.807) is 6.08 Å². The molecule has 0 unspecified atom stereocenters. The number of hydrogen-bond donors (Lipinski definition) is 1. The maximum atomic E-state index is 8.62. The molecule has 0 amide bonds. The summed E-state index contributed by atoms with van der Waals surface area (Å²) in [6.45, 7) is 1.87. The zero-order chi connectivity index (χ0) is 9.97. The van der Waals surface area contributed by atoms with Gasteiger partial charge in [0, 0.05) is 6.92 Å². The number of aryl methyl sites for hydroxylation is 1. The summed E-state index contributed by atoms with van der Waals surface area (Å²) in [6, 6.07) is 5.75. The van der Waals surface area contributed by atoms with Crippen LogP contribution in [0.5, 0.6) is 0 Å². The second-order valence-electron chi connectivity index (χ2n) is 3.04. The lowest BCUT2D eigenvalue weighted by Gasteiger charge is -1.91. The number of hydrogen-bond acceptors (Lipinski definition) is 3. The van der Waals surface area contributed by atoms with Crippen LogP contribution in [0, 0.1) is 6.92 Å². The van der Waals surface area contributed by atoms with Crippen LogP contribution in [0.15, 0.2) is 28.7 Å². The van der Waals surface area contributed by atoms with E-state index < -0.39 is 0 Å². The second kappa shape index (κ2) is 3.64. The molecule has 1 aromatic carbocycles. The van der Waals surface area contributed by atoms with E-state index in [0.717, 1.165) is 16.7 Å². The van der Waals surface area contributed by atoms with E-state index in [0.29, 0.717) is 5.89 Å². The van der Waals surface area contributed by atoms with Gasteiger partial charge in [-0.1, -0.05) is 18.2 Å². The maximum Gasteiger partial charge on any atom is 0.192 e. The molecule has 0 saturated heterocycles. The Bertz CT molecular complexity index is 471. The highest BCUT2D eigenvalue weighted by atomic mass is 16.3. The van der Waals surface area contributed by atoms with Crippen molar-refractivity contribution in [1.82, 2.24) is 4.98 Å². The molecule has 0 radical (unpaired) electrons. The Morgan fingerprint density at radius 3 is 3.14 bits per heavy atom. The van der Waals surface area contributed by atoms with Crippen molar-refractivity contribution in [2.75, 3.05) is 6.61 Å². The van der Waals surface area contributed by atoms with Crippen molar-refractivity contribution in [2.45, 2.75) is 6.92 Å². The highest BCUT2D eigenvalue weighted by Gasteiger charge is 2.00. The minimum absolute atomic E-state index is 0.0491. The molecule has 1 heterocycles. The average Bonchev–Trinajstić information content (AvgIpc) is 2.54. The average molecular weight is 189 g/mol. The predicted octanol–water partition coefficient (Wildman–Crippen LogP) is 2.14. The van der Waals surface area contributed by atoms with Crippen LogP contribution in [0.2, 0.25) is 0 Å². The Balaban J connectivity index is 2.45. The Morgan fingerprint density at radius 2 is 2.36 bits per heavy atom. The summed E-state index contributed by atoms with van der Waals surface area (Å²) in [7, 11) is 0. The molecular weight excluding hydrogens is 178 g/mol. The first-order valence-corrected chi connectivity index (χ1v) is 4.44. The highest BCUT2D eigenvalue weighted by Crippen LogP contribution is 2.17. The van der Waals surface area contributed by atoms with Crippen molar-refractivity contribution in [3.05, 3.63) is 35.7 Å². The first kappa shape index (κ1) is 8.97. The third kappa shape index (κ3) is 1.67. The Hall–Kier alpha value is -1.61. The number of oxazole rings is 1. The van der Waals surface area contributed by atoms with Crippen LogP contribution in [0.1, 0.15) is 11.5 Å². The topological polar surface area (TPSA) is 46.3 Å². The fourth-order valence-corrected chi connectivity index (χ4v) is 1.35. The highest BCUT2D eigenvalue weighted by molar-refractivity contribution is 5.76. The van der Waals surface area contributed by atoms with E-state index in [2.05, 4.69) is 4.98 Å². The lowest BCUT2D eigenvalue weighted by molar-refractivity contribution is 0.343. The lowest BCUT2D eigenvalue weighted by atomic mass is 10.2. The zero-order valence-electron chi connectivity index (χ0n) is 7.90. The third-order valence-corrected chi connectivity index (χ3v) is 1.94. The normalized spacial score (nSPS) is 11.6. The lowest BCUT2D eigenvalue weighted by Crippen LogP contribution is -1.74. The number of aromatic nitrogens is 1. The standard InChI is InChI=1S/C11H11NO2/c1-8-12-10-5-4-9(3-2-6-13)7-11(10)14-8/h2-5,7,13H,6H2,1H3. The Labute approximate surface area is 81.7 Å². The molecule has 0 fully saturated rings. The van der Waals surface area contributed by atoms with Crippen LogP contribution in [-0.2, 0) is 0 Å². The van der Waals surface area contributed by atoms with Gasteiger partial charge in [0.05, 0.1) is 6.61 Å².